The van der Waals surface area contributed by atoms with Crippen molar-refractivity contribution in [1.29, 1.82) is 0 Å². The highest BCUT2D eigenvalue weighted by molar-refractivity contribution is 6.30. The van der Waals surface area contributed by atoms with Crippen LogP contribution in [0.3, 0.4) is 0 Å². The molecule has 0 heterocycles. The maximum atomic E-state index is 11.8. The van der Waals surface area contributed by atoms with Gasteiger partial charge in [0.1, 0.15) is 0 Å². The van der Waals surface area contributed by atoms with Crippen molar-refractivity contribution in [3.63, 3.8) is 0 Å². The Balaban J connectivity index is 2.33. The van der Waals surface area contributed by atoms with Crippen LogP contribution in [0.4, 0.5) is 0 Å². The Morgan fingerprint density at radius 2 is 1.76 bits per heavy atom. The van der Waals surface area contributed by atoms with Gasteiger partial charge in [0.05, 0.1) is 12.1 Å². The molecule has 1 amide bonds. The molecule has 110 valence electrons. The second-order valence-corrected chi connectivity index (χ2v) is 5.69. The van der Waals surface area contributed by atoms with Crippen LogP contribution >= 0.6 is 11.6 Å². The van der Waals surface area contributed by atoms with Crippen molar-refractivity contribution in [2.75, 3.05) is 6.54 Å². The molecule has 0 saturated heterocycles. The largest absolute Gasteiger partial charge is 0.345 e. The van der Waals surface area contributed by atoms with E-state index in [0.717, 1.165) is 11.1 Å². The van der Waals surface area contributed by atoms with Crippen LogP contribution in [0.25, 0.3) is 0 Å². The summed E-state index contributed by atoms with van der Waals surface area (Å²) in [5.74, 6) is -0.177. The van der Waals surface area contributed by atoms with Crippen LogP contribution in [-0.2, 0) is 16.8 Å². The van der Waals surface area contributed by atoms with E-state index in [2.05, 4.69) is 5.32 Å². The first-order chi connectivity index (χ1) is 10.0. The number of nitrogens with two attached hydrogens (primary N) is 1. The van der Waals surface area contributed by atoms with Gasteiger partial charge in [0, 0.05) is 5.02 Å². The third-order valence-corrected chi connectivity index (χ3v) is 3.73. The van der Waals surface area contributed by atoms with Gasteiger partial charge in [-0.15, -0.1) is 0 Å². The average Bonchev–Trinajstić information content (AvgIpc) is 2.48. The Kier molecular flexibility index (Phi) is 4.99. The summed E-state index contributed by atoms with van der Waals surface area (Å²) in [5.41, 5.74) is 7.06. The predicted molar refractivity (Wildman–Crippen MR) is 86.1 cm³/mol. The molecule has 0 aliphatic heterocycles. The molecular weight excluding hydrogens is 284 g/mol. The van der Waals surface area contributed by atoms with Gasteiger partial charge in [-0.25, -0.2) is 0 Å². The fraction of sp³-hybridized carbons (Fsp3) is 0.235. The van der Waals surface area contributed by atoms with Gasteiger partial charge in [-0.3, -0.25) is 4.79 Å². The van der Waals surface area contributed by atoms with Gasteiger partial charge >= 0.3 is 0 Å². The van der Waals surface area contributed by atoms with E-state index in [0.29, 0.717) is 11.4 Å². The minimum absolute atomic E-state index is 0.0298. The van der Waals surface area contributed by atoms with Gasteiger partial charge in [0.15, 0.2) is 0 Å². The molecule has 2 aromatic rings. The zero-order chi connectivity index (χ0) is 15.3. The van der Waals surface area contributed by atoms with E-state index >= 15 is 0 Å². The summed E-state index contributed by atoms with van der Waals surface area (Å²) >= 11 is 5.95. The summed E-state index contributed by atoms with van der Waals surface area (Å²) in [6.07, 6.45) is 0.682. The van der Waals surface area contributed by atoms with Crippen LogP contribution in [0, 0.1) is 0 Å². The van der Waals surface area contributed by atoms with Crippen molar-refractivity contribution in [1.82, 2.24) is 5.32 Å². The maximum Gasteiger partial charge on any atom is 0.234 e. The first kappa shape index (κ1) is 15.5. The number of carbonyl (C=O) groups excluding carboxylic acids is 1. The smallest absolute Gasteiger partial charge is 0.234 e. The number of carbonyl (C=O) groups is 1. The topological polar surface area (TPSA) is 55.1 Å². The van der Waals surface area contributed by atoms with Gasteiger partial charge in [0.2, 0.25) is 5.91 Å². The van der Waals surface area contributed by atoms with Crippen LogP contribution in [0.2, 0.25) is 5.02 Å². The third kappa shape index (κ3) is 4.06. The van der Waals surface area contributed by atoms with Gasteiger partial charge in [-0.2, -0.15) is 0 Å². The van der Waals surface area contributed by atoms with Crippen molar-refractivity contribution in [3.8, 4) is 0 Å². The highest BCUT2D eigenvalue weighted by Gasteiger charge is 2.28. The predicted octanol–water partition coefficient (Wildman–Crippen LogP) is 2.87. The number of hydrogen-bond acceptors (Lipinski definition) is 2. The standard InChI is InChI=1S/C17H19ClN2O/c1-17(20-16(21)12-19,11-13-5-3-2-4-6-13)14-7-9-15(18)10-8-14/h2-10H,11-12,19H2,1H3,(H,20,21). The molecule has 0 fully saturated rings. The summed E-state index contributed by atoms with van der Waals surface area (Å²) in [6, 6.07) is 17.6. The average molecular weight is 303 g/mol. The fourth-order valence-corrected chi connectivity index (χ4v) is 2.53. The number of benzene rings is 2. The first-order valence-electron chi connectivity index (χ1n) is 6.84. The summed E-state index contributed by atoms with van der Waals surface area (Å²) in [7, 11) is 0. The zero-order valence-corrected chi connectivity index (χ0v) is 12.7. The summed E-state index contributed by atoms with van der Waals surface area (Å²) in [6.45, 7) is 1.97. The molecule has 21 heavy (non-hydrogen) atoms. The van der Waals surface area contributed by atoms with Gasteiger partial charge in [-0.1, -0.05) is 54.1 Å². The lowest BCUT2D eigenvalue weighted by molar-refractivity contribution is -0.121. The second-order valence-electron chi connectivity index (χ2n) is 5.25. The van der Waals surface area contributed by atoms with E-state index in [1.54, 1.807) is 0 Å². The molecule has 3 nitrogen and oxygen atoms in total. The Morgan fingerprint density at radius 1 is 1.14 bits per heavy atom. The molecular formula is C17H19ClN2O. The molecule has 4 heteroatoms. The van der Waals surface area contributed by atoms with Gasteiger partial charge in [-0.05, 0) is 36.6 Å². The van der Waals surface area contributed by atoms with E-state index in [1.165, 1.54) is 0 Å². The van der Waals surface area contributed by atoms with E-state index in [-0.39, 0.29) is 12.5 Å². The molecule has 1 atom stereocenters. The van der Waals surface area contributed by atoms with E-state index in [4.69, 9.17) is 17.3 Å². The summed E-state index contributed by atoms with van der Waals surface area (Å²) in [5, 5.41) is 3.69. The monoisotopic (exact) mass is 302 g/mol. The first-order valence-corrected chi connectivity index (χ1v) is 7.22. The van der Waals surface area contributed by atoms with Crippen LogP contribution in [-0.4, -0.2) is 12.5 Å². The molecule has 0 spiro atoms. The van der Waals surface area contributed by atoms with Crippen molar-refractivity contribution in [3.05, 3.63) is 70.7 Å². The van der Waals surface area contributed by atoms with Crippen molar-refractivity contribution in [2.24, 2.45) is 5.73 Å². The molecule has 0 radical (unpaired) electrons. The highest BCUT2D eigenvalue weighted by atomic mass is 35.5. The van der Waals surface area contributed by atoms with Crippen molar-refractivity contribution in [2.45, 2.75) is 18.9 Å². The fourth-order valence-electron chi connectivity index (χ4n) is 2.40. The Hall–Kier alpha value is -1.84. The van der Waals surface area contributed by atoms with Crippen molar-refractivity contribution >= 4 is 17.5 Å². The Bertz CT molecular complexity index is 598. The van der Waals surface area contributed by atoms with Crippen molar-refractivity contribution < 1.29 is 4.79 Å². The molecule has 0 aliphatic carbocycles. The number of halogens is 1. The van der Waals surface area contributed by atoms with Gasteiger partial charge < -0.3 is 11.1 Å². The molecule has 1 unspecified atom stereocenters. The number of amides is 1. The van der Waals surface area contributed by atoms with Crippen LogP contribution in [0.15, 0.2) is 54.6 Å². The second kappa shape index (κ2) is 6.74. The quantitative estimate of drug-likeness (QED) is 0.892. The maximum absolute atomic E-state index is 11.8. The summed E-state index contributed by atoms with van der Waals surface area (Å²) < 4.78 is 0. The molecule has 3 N–H and O–H groups in total. The number of nitrogens with one attached hydrogen (secondary N) is 1. The normalized spacial score (nSPS) is 13.5. The van der Waals surface area contributed by atoms with Crippen LogP contribution in [0.5, 0.6) is 0 Å². The minimum Gasteiger partial charge on any atom is -0.345 e. The highest BCUT2D eigenvalue weighted by Crippen LogP contribution is 2.26. The molecule has 2 rings (SSSR count). The minimum atomic E-state index is -0.525. The third-order valence-electron chi connectivity index (χ3n) is 3.48. The molecule has 0 aromatic heterocycles. The van der Waals surface area contributed by atoms with E-state index in [1.807, 2.05) is 61.5 Å². The Labute approximate surface area is 130 Å². The molecule has 2 aromatic carbocycles. The van der Waals surface area contributed by atoms with E-state index < -0.39 is 5.54 Å². The summed E-state index contributed by atoms with van der Waals surface area (Å²) in [4.78, 5) is 11.8. The molecule has 0 saturated carbocycles. The zero-order valence-electron chi connectivity index (χ0n) is 12.0. The number of hydrogen-bond donors (Lipinski definition) is 2. The number of rotatable bonds is 5. The van der Waals surface area contributed by atoms with Crippen LogP contribution < -0.4 is 11.1 Å². The molecule has 0 bridgehead atoms. The van der Waals surface area contributed by atoms with Crippen LogP contribution in [0.1, 0.15) is 18.1 Å². The molecule has 0 aliphatic rings. The SMILES string of the molecule is CC(Cc1ccccc1)(NC(=O)CN)c1ccc(Cl)cc1. The lowest BCUT2D eigenvalue weighted by atomic mass is 9.85. The Morgan fingerprint density at radius 3 is 2.33 bits per heavy atom. The van der Waals surface area contributed by atoms with Gasteiger partial charge in [0.25, 0.3) is 0 Å². The van der Waals surface area contributed by atoms with E-state index in [9.17, 15) is 4.79 Å². The lowest BCUT2D eigenvalue weighted by Gasteiger charge is -2.32. The lowest BCUT2D eigenvalue weighted by Crippen LogP contribution is -2.47.